The standard InChI is InChI=1S/C12H9ClN4S/c1-14-11-8-3-2-7(13)4-9(8)16-12(17-11)10-5-15-6-18-10/h2-6H,1H3,(H,14,16,17). The summed E-state index contributed by atoms with van der Waals surface area (Å²) in [6.07, 6.45) is 1.76. The molecule has 1 N–H and O–H groups in total. The normalized spacial score (nSPS) is 10.8. The van der Waals surface area contributed by atoms with Crippen LogP contribution in [0.5, 0.6) is 0 Å². The molecule has 90 valence electrons. The van der Waals surface area contributed by atoms with Crippen LogP contribution in [0.2, 0.25) is 5.02 Å². The van der Waals surface area contributed by atoms with Crippen LogP contribution in [0.4, 0.5) is 5.82 Å². The van der Waals surface area contributed by atoms with E-state index in [0.717, 1.165) is 21.6 Å². The minimum Gasteiger partial charge on any atom is -0.373 e. The molecule has 18 heavy (non-hydrogen) atoms. The molecule has 0 saturated carbocycles. The van der Waals surface area contributed by atoms with Crippen molar-refractivity contribution in [1.29, 1.82) is 0 Å². The number of nitrogens with zero attached hydrogens (tertiary/aromatic N) is 3. The second-order valence-corrected chi connectivity index (χ2v) is 5.00. The van der Waals surface area contributed by atoms with Gasteiger partial charge in [0.05, 0.1) is 15.9 Å². The van der Waals surface area contributed by atoms with Gasteiger partial charge >= 0.3 is 0 Å². The molecule has 0 atom stereocenters. The van der Waals surface area contributed by atoms with Crippen LogP contribution in [0.15, 0.2) is 29.9 Å². The average Bonchev–Trinajstić information content (AvgIpc) is 2.90. The van der Waals surface area contributed by atoms with Crippen molar-refractivity contribution in [2.75, 3.05) is 12.4 Å². The molecule has 2 aromatic heterocycles. The van der Waals surface area contributed by atoms with E-state index >= 15 is 0 Å². The third-order valence-electron chi connectivity index (χ3n) is 2.55. The van der Waals surface area contributed by atoms with Gasteiger partial charge in [-0.1, -0.05) is 11.6 Å². The Morgan fingerprint density at radius 1 is 1.28 bits per heavy atom. The van der Waals surface area contributed by atoms with Gasteiger partial charge in [-0.2, -0.15) is 0 Å². The van der Waals surface area contributed by atoms with Crippen LogP contribution >= 0.6 is 22.9 Å². The molecule has 0 aliphatic carbocycles. The molecular weight excluding hydrogens is 268 g/mol. The van der Waals surface area contributed by atoms with Crippen LogP contribution in [0.25, 0.3) is 21.6 Å². The van der Waals surface area contributed by atoms with Crippen molar-refractivity contribution in [2.24, 2.45) is 0 Å². The number of hydrogen-bond acceptors (Lipinski definition) is 5. The maximum atomic E-state index is 6.00. The maximum Gasteiger partial charge on any atom is 0.173 e. The molecule has 0 radical (unpaired) electrons. The number of fused-ring (bicyclic) bond motifs is 1. The Morgan fingerprint density at radius 2 is 2.17 bits per heavy atom. The van der Waals surface area contributed by atoms with Gasteiger partial charge in [-0.05, 0) is 18.2 Å². The second kappa shape index (κ2) is 4.51. The number of rotatable bonds is 2. The van der Waals surface area contributed by atoms with Crippen LogP contribution in [-0.4, -0.2) is 22.0 Å². The highest BCUT2D eigenvalue weighted by Crippen LogP contribution is 2.28. The molecule has 3 aromatic rings. The minimum atomic E-state index is 0.664. The van der Waals surface area contributed by atoms with E-state index in [4.69, 9.17) is 11.6 Å². The number of anilines is 1. The maximum absolute atomic E-state index is 6.00. The van der Waals surface area contributed by atoms with Gasteiger partial charge in [0.15, 0.2) is 5.82 Å². The fraction of sp³-hybridized carbons (Fsp3) is 0.0833. The summed E-state index contributed by atoms with van der Waals surface area (Å²) in [4.78, 5) is 14.0. The van der Waals surface area contributed by atoms with Crippen LogP contribution in [0.3, 0.4) is 0 Å². The van der Waals surface area contributed by atoms with Gasteiger partial charge in [-0.25, -0.2) is 9.97 Å². The first-order chi connectivity index (χ1) is 8.78. The lowest BCUT2D eigenvalue weighted by molar-refractivity contribution is 1.22. The smallest absolute Gasteiger partial charge is 0.173 e. The van der Waals surface area contributed by atoms with E-state index in [1.165, 1.54) is 11.3 Å². The molecular formula is C12H9ClN4S. The lowest BCUT2D eigenvalue weighted by Gasteiger charge is -2.07. The average molecular weight is 277 g/mol. The van der Waals surface area contributed by atoms with E-state index in [2.05, 4.69) is 20.3 Å². The van der Waals surface area contributed by atoms with E-state index in [1.807, 2.05) is 25.2 Å². The summed E-state index contributed by atoms with van der Waals surface area (Å²) >= 11 is 7.51. The second-order valence-electron chi connectivity index (χ2n) is 3.67. The highest BCUT2D eigenvalue weighted by molar-refractivity contribution is 7.13. The summed E-state index contributed by atoms with van der Waals surface area (Å²) in [6, 6.07) is 5.59. The van der Waals surface area contributed by atoms with Crippen molar-refractivity contribution in [1.82, 2.24) is 15.0 Å². The van der Waals surface area contributed by atoms with Gasteiger partial charge in [0.25, 0.3) is 0 Å². The largest absolute Gasteiger partial charge is 0.373 e. The molecule has 4 nitrogen and oxygen atoms in total. The Hall–Kier alpha value is -1.72. The summed E-state index contributed by atoms with van der Waals surface area (Å²) in [7, 11) is 1.84. The molecule has 0 spiro atoms. The third-order valence-corrected chi connectivity index (χ3v) is 3.55. The van der Waals surface area contributed by atoms with Gasteiger partial charge in [-0.3, -0.25) is 4.98 Å². The fourth-order valence-corrected chi connectivity index (χ4v) is 2.45. The zero-order valence-corrected chi connectivity index (χ0v) is 11.1. The molecule has 0 unspecified atom stereocenters. The van der Waals surface area contributed by atoms with Gasteiger partial charge < -0.3 is 5.32 Å². The number of aromatic nitrogens is 3. The Balaban J connectivity index is 2.29. The highest BCUT2D eigenvalue weighted by atomic mass is 35.5. The van der Waals surface area contributed by atoms with E-state index in [0.29, 0.717) is 10.8 Å². The quantitative estimate of drug-likeness (QED) is 0.779. The molecule has 0 bridgehead atoms. The zero-order chi connectivity index (χ0) is 12.5. The van der Waals surface area contributed by atoms with E-state index in [9.17, 15) is 0 Å². The van der Waals surface area contributed by atoms with E-state index in [1.54, 1.807) is 11.7 Å². The Bertz CT molecular complexity index is 697. The minimum absolute atomic E-state index is 0.664. The van der Waals surface area contributed by atoms with E-state index in [-0.39, 0.29) is 0 Å². The SMILES string of the molecule is CNc1nc(-c2cncs2)nc2cc(Cl)ccc12. The predicted octanol–water partition coefficient (Wildman–Crippen LogP) is 3.45. The highest BCUT2D eigenvalue weighted by Gasteiger charge is 2.09. The molecule has 0 aliphatic rings. The zero-order valence-electron chi connectivity index (χ0n) is 9.51. The van der Waals surface area contributed by atoms with Crippen molar-refractivity contribution in [2.45, 2.75) is 0 Å². The summed E-state index contributed by atoms with van der Waals surface area (Å²) in [5.74, 6) is 1.46. The van der Waals surface area contributed by atoms with Crippen LogP contribution in [-0.2, 0) is 0 Å². The third kappa shape index (κ3) is 1.91. The first-order valence-electron chi connectivity index (χ1n) is 5.32. The Kier molecular flexibility index (Phi) is 2.85. The molecule has 1 aromatic carbocycles. The molecule has 0 aliphatic heterocycles. The van der Waals surface area contributed by atoms with Crippen molar-refractivity contribution in [3.8, 4) is 10.7 Å². The van der Waals surface area contributed by atoms with E-state index < -0.39 is 0 Å². The molecule has 3 rings (SSSR count). The van der Waals surface area contributed by atoms with Crippen molar-refractivity contribution >= 4 is 39.7 Å². The van der Waals surface area contributed by atoms with Gasteiger partial charge in [0, 0.05) is 23.7 Å². The van der Waals surface area contributed by atoms with Gasteiger partial charge in [0.1, 0.15) is 5.82 Å². The number of benzene rings is 1. The van der Waals surface area contributed by atoms with Crippen LogP contribution < -0.4 is 5.32 Å². The molecule has 0 saturated heterocycles. The summed E-state index contributed by atoms with van der Waals surface area (Å²) in [6.45, 7) is 0. The number of halogens is 1. The van der Waals surface area contributed by atoms with Crippen molar-refractivity contribution in [3.05, 3.63) is 34.9 Å². The molecule has 0 amide bonds. The molecule has 6 heteroatoms. The topological polar surface area (TPSA) is 50.7 Å². The first kappa shape index (κ1) is 11.4. The van der Waals surface area contributed by atoms with Crippen molar-refractivity contribution < 1.29 is 0 Å². The molecule has 0 fully saturated rings. The number of hydrogen-bond donors (Lipinski definition) is 1. The Labute approximate surface area is 113 Å². The first-order valence-corrected chi connectivity index (χ1v) is 6.57. The Morgan fingerprint density at radius 3 is 2.89 bits per heavy atom. The summed E-state index contributed by atoms with van der Waals surface area (Å²) in [5.41, 5.74) is 2.59. The predicted molar refractivity (Wildman–Crippen MR) is 75.2 cm³/mol. The van der Waals surface area contributed by atoms with Crippen molar-refractivity contribution in [3.63, 3.8) is 0 Å². The van der Waals surface area contributed by atoms with Crippen LogP contribution in [0, 0.1) is 0 Å². The summed E-state index contributed by atoms with van der Waals surface area (Å²) in [5, 5.41) is 4.70. The van der Waals surface area contributed by atoms with Gasteiger partial charge in [-0.15, -0.1) is 11.3 Å². The lowest BCUT2D eigenvalue weighted by Crippen LogP contribution is -1.98. The van der Waals surface area contributed by atoms with Crippen LogP contribution in [0.1, 0.15) is 0 Å². The monoisotopic (exact) mass is 276 g/mol. The lowest BCUT2D eigenvalue weighted by atomic mass is 10.2. The summed E-state index contributed by atoms with van der Waals surface area (Å²) < 4.78 is 0. The number of thiazole rings is 1. The molecule has 2 heterocycles. The number of nitrogens with one attached hydrogen (secondary N) is 1. The van der Waals surface area contributed by atoms with Gasteiger partial charge in [0.2, 0.25) is 0 Å². The fourth-order valence-electron chi connectivity index (χ4n) is 1.73.